The molecule has 0 aliphatic heterocycles. The van der Waals surface area contributed by atoms with Crippen LogP contribution in [0, 0.1) is 13.8 Å². The number of nitrogens with two attached hydrogens (primary N) is 1. The van der Waals surface area contributed by atoms with Crippen LogP contribution in [0.5, 0.6) is 0 Å². The molecule has 0 spiro atoms. The fraction of sp³-hybridized carbons (Fsp3) is 0.333. The van der Waals surface area contributed by atoms with E-state index in [9.17, 15) is 0 Å². The van der Waals surface area contributed by atoms with Crippen molar-refractivity contribution in [3.05, 3.63) is 29.8 Å². The van der Waals surface area contributed by atoms with E-state index in [1.807, 2.05) is 19.9 Å². The van der Waals surface area contributed by atoms with Crippen molar-refractivity contribution in [1.29, 1.82) is 0 Å². The number of nitrogen functional groups attached to an aromatic ring is 1. The number of hydrogen-bond donors (Lipinski definition) is 1. The monoisotopic (exact) mass is 306 g/mol. The lowest BCUT2D eigenvalue weighted by Crippen LogP contribution is -2.12. The summed E-state index contributed by atoms with van der Waals surface area (Å²) in [6, 6.07) is 1.81. The molecule has 3 heterocycles. The van der Waals surface area contributed by atoms with Crippen molar-refractivity contribution >= 4 is 11.8 Å². The average Bonchev–Trinajstić information content (AvgIpc) is 3.13. The van der Waals surface area contributed by atoms with Crippen molar-refractivity contribution < 1.29 is 8.94 Å². The molecule has 0 amide bonds. The SMILES string of the molecule is Cc1noc(C(C)Sc2nnc(-c3ccoc3C)n2N)n1. The van der Waals surface area contributed by atoms with Crippen LogP contribution in [0.25, 0.3) is 11.4 Å². The number of furan rings is 1. The molecule has 0 saturated carbocycles. The minimum Gasteiger partial charge on any atom is -0.469 e. The molecule has 9 heteroatoms. The second-order valence-electron chi connectivity index (χ2n) is 4.51. The summed E-state index contributed by atoms with van der Waals surface area (Å²) in [5.41, 5.74) is 0.818. The largest absolute Gasteiger partial charge is 0.469 e. The second kappa shape index (κ2) is 5.24. The fourth-order valence-corrected chi connectivity index (χ4v) is 2.65. The minimum atomic E-state index is -0.0732. The minimum absolute atomic E-state index is 0.0732. The normalized spacial score (nSPS) is 12.7. The van der Waals surface area contributed by atoms with E-state index in [0.29, 0.717) is 22.7 Å². The number of rotatable bonds is 4. The van der Waals surface area contributed by atoms with Gasteiger partial charge in [-0.3, -0.25) is 0 Å². The second-order valence-corrected chi connectivity index (χ2v) is 5.81. The topological polar surface area (TPSA) is 109 Å². The molecule has 1 unspecified atom stereocenters. The van der Waals surface area contributed by atoms with Crippen LogP contribution < -0.4 is 5.84 Å². The van der Waals surface area contributed by atoms with Gasteiger partial charge in [-0.2, -0.15) is 4.98 Å². The van der Waals surface area contributed by atoms with E-state index in [1.54, 1.807) is 13.2 Å². The van der Waals surface area contributed by atoms with Gasteiger partial charge < -0.3 is 14.8 Å². The van der Waals surface area contributed by atoms with Crippen molar-refractivity contribution in [2.24, 2.45) is 0 Å². The maximum atomic E-state index is 6.06. The predicted molar refractivity (Wildman–Crippen MR) is 75.9 cm³/mol. The molecule has 0 aliphatic rings. The highest BCUT2D eigenvalue weighted by molar-refractivity contribution is 7.99. The van der Waals surface area contributed by atoms with Crippen LogP contribution in [-0.2, 0) is 0 Å². The molecular formula is C12H14N6O2S. The van der Waals surface area contributed by atoms with Gasteiger partial charge in [0.1, 0.15) is 5.76 Å². The molecule has 0 radical (unpaired) electrons. The van der Waals surface area contributed by atoms with Crippen LogP contribution in [0.4, 0.5) is 0 Å². The first-order chi connectivity index (χ1) is 10.1. The zero-order valence-corrected chi connectivity index (χ0v) is 12.6. The zero-order chi connectivity index (χ0) is 15.0. The lowest BCUT2D eigenvalue weighted by atomic mass is 10.2. The summed E-state index contributed by atoms with van der Waals surface area (Å²) in [5.74, 6) is 8.48. The van der Waals surface area contributed by atoms with Crippen molar-refractivity contribution in [3.8, 4) is 11.4 Å². The number of thioether (sulfide) groups is 1. The Bertz CT molecular complexity index is 761. The van der Waals surface area contributed by atoms with Gasteiger partial charge in [0.15, 0.2) is 11.6 Å². The van der Waals surface area contributed by atoms with Crippen LogP contribution in [0.3, 0.4) is 0 Å². The van der Waals surface area contributed by atoms with Gasteiger partial charge in [-0.15, -0.1) is 10.2 Å². The van der Waals surface area contributed by atoms with Crippen LogP contribution in [0.1, 0.15) is 29.6 Å². The van der Waals surface area contributed by atoms with E-state index in [2.05, 4.69) is 20.3 Å². The molecule has 21 heavy (non-hydrogen) atoms. The smallest absolute Gasteiger partial charge is 0.239 e. The summed E-state index contributed by atoms with van der Waals surface area (Å²) in [5, 5.41) is 12.5. The summed E-state index contributed by atoms with van der Waals surface area (Å²) < 4.78 is 11.8. The number of aryl methyl sites for hydroxylation is 2. The Hall–Kier alpha value is -2.29. The third-order valence-electron chi connectivity index (χ3n) is 2.94. The van der Waals surface area contributed by atoms with Gasteiger partial charge in [-0.05, 0) is 26.8 Å². The Balaban J connectivity index is 1.84. The summed E-state index contributed by atoms with van der Waals surface area (Å²) in [6.07, 6.45) is 1.59. The molecule has 3 rings (SSSR count). The van der Waals surface area contributed by atoms with Crippen molar-refractivity contribution in [2.75, 3.05) is 5.84 Å². The van der Waals surface area contributed by atoms with Crippen LogP contribution in [-0.4, -0.2) is 25.0 Å². The molecule has 3 aromatic rings. The quantitative estimate of drug-likeness (QED) is 0.576. The lowest BCUT2D eigenvalue weighted by molar-refractivity contribution is 0.376. The van der Waals surface area contributed by atoms with Gasteiger partial charge in [-0.25, -0.2) is 4.68 Å². The van der Waals surface area contributed by atoms with Gasteiger partial charge >= 0.3 is 0 Å². The fourth-order valence-electron chi connectivity index (χ4n) is 1.84. The van der Waals surface area contributed by atoms with Crippen molar-refractivity contribution in [2.45, 2.75) is 31.2 Å². The molecule has 0 aromatic carbocycles. The molecular weight excluding hydrogens is 292 g/mol. The number of aromatic nitrogens is 5. The average molecular weight is 306 g/mol. The highest BCUT2D eigenvalue weighted by Gasteiger charge is 2.21. The molecule has 110 valence electrons. The van der Waals surface area contributed by atoms with Crippen molar-refractivity contribution in [1.82, 2.24) is 25.0 Å². The van der Waals surface area contributed by atoms with E-state index in [0.717, 1.165) is 11.3 Å². The third kappa shape index (κ3) is 2.51. The van der Waals surface area contributed by atoms with E-state index < -0.39 is 0 Å². The van der Waals surface area contributed by atoms with E-state index in [4.69, 9.17) is 14.8 Å². The van der Waals surface area contributed by atoms with Gasteiger partial charge in [0.05, 0.1) is 17.1 Å². The Kier molecular flexibility index (Phi) is 3.42. The number of hydrogen-bond acceptors (Lipinski definition) is 8. The van der Waals surface area contributed by atoms with Crippen LogP contribution >= 0.6 is 11.8 Å². The maximum Gasteiger partial charge on any atom is 0.239 e. The Labute approximate surface area is 124 Å². The van der Waals surface area contributed by atoms with Crippen molar-refractivity contribution in [3.63, 3.8) is 0 Å². The summed E-state index contributed by atoms with van der Waals surface area (Å²) >= 11 is 1.40. The molecule has 1 atom stereocenters. The lowest BCUT2D eigenvalue weighted by Gasteiger charge is -2.06. The zero-order valence-electron chi connectivity index (χ0n) is 11.8. The summed E-state index contributed by atoms with van der Waals surface area (Å²) in [7, 11) is 0. The third-order valence-corrected chi connectivity index (χ3v) is 3.98. The molecule has 2 N–H and O–H groups in total. The van der Waals surface area contributed by atoms with Gasteiger partial charge in [-0.1, -0.05) is 16.9 Å². The molecule has 0 saturated heterocycles. The highest BCUT2D eigenvalue weighted by Crippen LogP contribution is 2.34. The number of nitrogens with zero attached hydrogens (tertiary/aromatic N) is 5. The highest BCUT2D eigenvalue weighted by atomic mass is 32.2. The van der Waals surface area contributed by atoms with E-state index in [1.165, 1.54) is 16.4 Å². The first-order valence-electron chi connectivity index (χ1n) is 6.28. The molecule has 0 aliphatic carbocycles. The Morgan fingerprint density at radius 1 is 1.33 bits per heavy atom. The van der Waals surface area contributed by atoms with Crippen LogP contribution in [0.2, 0.25) is 0 Å². The Morgan fingerprint density at radius 2 is 2.14 bits per heavy atom. The standard InChI is InChI=1S/C12H14N6O2S/c1-6-9(4-5-19-6)10-15-16-12(18(10)13)21-7(2)11-14-8(3)17-20-11/h4-5,7H,13H2,1-3H3. The molecule has 3 aromatic heterocycles. The predicted octanol–water partition coefficient (Wildman–Crippen LogP) is 2.11. The van der Waals surface area contributed by atoms with E-state index in [-0.39, 0.29) is 5.25 Å². The first-order valence-corrected chi connectivity index (χ1v) is 7.16. The Morgan fingerprint density at radius 3 is 2.76 bits per heavy atom. The summed E-state index contributed by atoms with van der Waals surface area (Å²) in [4.78, 5) is 4.20. The maximum absolute atomic E-state index is 6.06. The van der Waals surface area contributed by atoms with Gasteiger partial charge in [0.25, 0.3) is 0 Å². The van der Waals surface area contributed by atoms with Crippen LogP contribution in [0.15, 0.2) is 26.4 Å². The molecule has 0 bridgehead atoms. The van der Waals surface area contributed by atoms with Gasteiger partial charge in [0.2, 0.25) is 11.0 Å². The van der Waals surface area contributed by atoms with E-state index >= 15 is 0 Å². The first kappa shape index (κ1) is 13.7. The van der Waals surface area contributed by atoms with Gasteiger partial charge in [0, 0.05) is 0 Å². The summed E-state index contributed by atoms with van der Waals surface area (Å²) in [6.45, 7) is 5.56. The molecule has 0 fully saturated rings. The molecule has 8 nitrogen and oxygen atoms in total.